The highest BCUT2D eigenvalue weighted by atomic mass is 16.5. The third-order valence-electron chi connectivity index (χ3n) is 11.9. The number of fused-ring (bicyclic) bond motifs is 2. The Morgan fingerprint density at radius 3 is 0.983 bits per heavy atom. The first-order valence-corrected chi connectivity index (χ1v) is 19.5. The number of nitrogens with zero attached hydrogens (tertiary/aromatic N) is 2. The number of rotatable bonds is 6. The van der Waals surface area contributed by atoms with Crippen LogP contribution >= 0.6 is 0 Å². The zero-order chi connectivity index (χ0) is 40.8. The Labute approximate surface area is 343 Å². The van der Waals surface area contributed by atoms with Crippen molar-refractivity contribution in [3.63, 3.8) is 0 Å². The van der Waals surface area contributed by atoms with Gasteiger partial charge in [-0.15, -0.1) is 0 Å². The highest BCUT2D eigenvalue weighted by Gasteiger charge is 2.36. The van der Waals surface area contributed by atoms with Gasteiger partial charge in [-0.1, -0.05) is 97.1 Å². The zero-order valence-corrected chi connectivity index (χ0v) is 32.4. The molecule has 11 rings (SSSR count). The molecule has 0 aliphatic carbocycles. The highest BCUT2D eigenvalue weighted by Crippen LogP contribution is 2.45. The van der Waals surface area contributed by atoms with E-state index in [0.717, 1.165) is 54.6 Å². The maximum absolute atomic E-state index is 14.0. The minimum absolute atomic E-state index is 0.387. The van der Waals surface area contributed by atoms with Crippen molar-refractivity contribution in [2.75, 3.05) is 24.0 Å². The summed E-state index contributed by atoms with van der Waals surface area (Å²) >= 11 is 0. The van der Waals surface area contributed by atoms with Crippen molar-refractivity contribution in [2.45, 2.75) is 0 Å². The normalized spacial score (nSPS) is 13.6. The van der Waals surface area contributed by atoms with Crippen molar-refractivity contribution in [3.8, 4) is 33.8 Å². The Morgan fingerprint density at radius 1 is 0.333 bits per heavy atom. The predicted octanol–water partition coefficient (Wildman–Crippen LogP) is 11.3. The van der Waals surface area contributed by atoms with Crippen molar-refractivity contribution in [1.29, 1.82) is 0 Å². The maximum atomic E-state index is 14.0. The van der Waals surface area contributed by atoms with Gasteiger partial charge < -0.3 is 9.47 Å². The molecule has 60 heavy (non-hydrogen) atoms. The van der Waals surface area contributed by atoms with Gasteiger partial charge in [0.05, 0.1) is 25.6 Å². The number of imide groups is 2. The first kappa shape index (κ1) is 35.1. The lowest BCUT2D eigenvalue weighted by molar-refractivity contribution is 0.0877. The summed E-state index contributed by atoms with van der Waals surface area (Å²) in [4.78, 5) is 58.4. The van der Waals surface area contributed by atoms with Crippen molar-refractivity contribution < 1.29 is 28.7 Å². The molecule has 4 amide bonds. The average molecular weight is 781 g/mol. The summed E-state index contributed by atoms with van der Waals surface area (Å²) < 4.78 is 11.1. The second kappa shape index (κ2) is 13.2. The number of hydrogen-bond acceptors (Lipinski definition) is 6. The third kappa shape index (κ3) is 4.91. The molecule has 0 N–H and O–H groups in total. The molecule has 2 aliphatic rings. The Hall–Kier alpha value is -8.10. The van der Waals surface area contributed by atoms with Crippen LogP contribution in [0.1, 0.15) is 41.4 Å². The van der Waals surface area contributed by atoms with Gasteiger partial charge in [0.1, 0.15) is 11.5 Å². The smallest absolute Gasteiger partial charge is 0.265 e. The molecule has 2 heterocycles. The van der Waals surface area contributed by atoms with Gasteiger partial charge >= 0.3 is 0 Å². The number of anilines is 2. The van der Waals surface area contributed by atoms with Crippen LogP contribution in [0.3, 0.4) is 0 Å². The molecule has 0 bridgehead atoms. The molecule has 0 atom stereocenters. The summed E-state index contributed by atoms with van der Waals surface area (Å²) in [5.41, 5.74) is 6.62. The van der Waals surface area contributed by atoms with Gasteiger partial charge in [-0.3, -0.25) is 19.2 Å². The molecule has 0 unspecified atom stereocenters. The average Bonchev–Trinajstić information content (AvgIpc) is 3.29. The fourth-order valence-corrected chi connectivity index (χ4v) is 9.27. The van der Waals surface area contributed by atoms with E-state index in [2.05, 4.69) is 24.3 Å². The molecule has 2 aliphatic heterocycles. The van der Waals surface area contributed by atoms with E-state index in [1.54, 1.807) is 62.8 Å². The molecule has 0 spiro atoms. The molecule has 0 saturated carbocycles. The maximum Gasteiger partial charge on any atom is 0.265 e. The van der Waals surface area contributed by atoms with Crippen LogP contribution in [0.25, 0.3) is 65.3 Å². The number of carbonyl (C=O) groups excluding carboxylic acids is 4. The molecular formula is C52H32N2O6. The van der Waals surface area contributed by atoms with Gasteiger partial charge in [0.25, 0.3) is 23.6 Å². The van der Waals surface area contributed by atoms with Crippen LogP contribution < -0.4 is 19.3 Å². The number of carbonyl (C=O) groups is 4. The number of methoxy groups -OCH3 is 2. The largest absolute Gasteiger partial charge is 0.496 e. The van der Waals surface area contributed by atoms with Crippen molar-refractivity contribution in [3.05, 3.63) is 180 Å². The lowest BCUT2D eigenvalue weighted by atomic mass is 9.86. The standard InChI is InChI=1S/C52H32N2O6/c1-59-43-27-25-41-47-37(43)13-7-15-39(47)49(55)53(51(41)57)31-21-17-29(18-22-31)45-33-9-3-5-11-35(33)46(36-12-6-4-10-34(36)45)30-19-23-32(24-20-30)54-50(56)40-16-8-14-38-44(60-2)28-26-42(48(38)40)52(54)58/h3-28H,1-2H3. The first-order valence-electron chi connectivity index (χ1n) is 19.5. The van der Waals surface area contributed by atoms with Gasteiger partial charge in [0.15, 0.2) is 0 Å². The number of benzene rings is 9. The molecule has 8 heteroatoms. The number of amides is 4. The Kier molecular flexibility index (Phi) is 7.73. The van der Waals surface area contributed by atoms with Gasteiger partial charge in [0, 0.05) is 43.8 Å². The van der Waals surface area contributed by atoms with Crippen LogP contribution in [0.15, 0.2) is 158 Å². The van der Waals surface area contributed by atoms with Crippen LogP contribution in [-0.2, 0) is 0 Å². The SMILES string of the molecule is COc1ccc2c3c(cccc13)C(=O)N(c1ccc(-c3c4ccccc4c(-c4ccc(N5C(=O)c6cccc7c(OC)ccc(c67)C5=O)cc4)c4ccccc34)cc1)C2=O. The van der Waals surface area contributed by atoms with E-state index in [9.17, 15) is 19.2 Å². The number of ether oxygens (including phenoxy) is 2. The van der Waals surface area contributed by atoms with E-state index in [1.165, 1.54) is 9.80 Å². The quantitative estimate of drug-likeness (QED) is 0.123. The van der Waals surface area contributed by atoms with E-state index in [1.807, 2.05) is 84.9 Å². The van der Waals surface area contributed by atoms with Gasteiger partial charge in [-0.25, -0.2) is 9.80 Å². The predicted molar refractivity (Wildman–Crippen MR) is 236 cm³/mol. The fourth-order valence-electron chi connectivity index (χ4n) is 9.27. The summed E-state index contributed by atoms with van der Waals surface area (Å²) in [6, 6.07) is 49.4. The molecule has 0 radical (unpaired) electrons. The van der Waals surface area contributed by atoms with E-state index in [-0.39, 0.29) is 23.6 Å². The number of hydrogen-bond donors (Lipinski definition) is 0. The summed E-state index contributed by atoms with van der Waals surface area (Å²) in [5, 5.41) is 6.72. The van der Waals surface area contributed by atoms with Crippen molar-refractivity contribution in [1.82, 2.24) is 0 Å². The van der Waals surface area contributed by atoms with Gasteiger partial charge in [-0.05, 0) is 104 Å². The van der Waals surface area contributed by atoms with E-state index in [0.29, 0.717) is 55.9 Å². The fraction of sp³-hybridized carbons (Fsp3) is 0.0385. The topological polar surface area (TPSA) is 93.2 Å². The summed E-state index contributed by atoms with van der Waals surface area (Å²) in [6.45, 7) is 0. The van der Waals surface area contributed by atoms with Crippen LogP contribution in [0, 0.1) is 0 Å². The molecule has 0 aromatic heterocycles. The molecule has 9 aromatic carbocycles. The van der Waals surface area contributed by atoms with E-state index >= 15 is 0 Å². The molecule has 0 fully saturated rings. The second-order valence-electron chi connectivity index (χ2n) is 14.9. The highest BCUT2D eigenvalue weighted by molar-refractivity contribution is 6.37. The van der Waals surface area contributed by atoms with Crippen molar-refractivity contribution in [2.24, 2.45) is 0 Å². The molecular weight excluding hydrogens is 749 g/mol. The molecule has 0 saturated heterocycles. The van der Waals surface area contributed by atoms with E-state index < -0.39 is 0 Å². The Balaban J connectivity index is 0.981. The lowest BCUT2D eigenvalue weighted by Crippen LogP contribution is -2.40. The van der Waals surface area contributed by atoms with Crippen LogP contribution in [0.2, 0.25) is 0 Å². The second-order valence-corrected chi connectivity index (χ2v) is 14.9. The summed E-state index contributed by atoms with van der Waals surface area (Å²) in [5.74, 6) is -0.337. The first-order chi connectivity index (χ1) is 29.4. The summed E-state index contributed by atoms with van der Waals surface area (Å²) in [6.07, 6.45) is 0. The minimum Gasteiger partial charge on any atom is -0.496 e. The Morgan fingerprint density at radius 2 is 0.650 bits per heavy atom. The van der Waals surface area contributed by atoms with E-state index in [4.69, 9.17) is 9.47 Å². The van der Waals surface area contributed by atoms with Crippen molar-refractivity contribution >= 4 is 78.1 Å². The Bertz CT molecular complexity index is 3050. The van der Waals surface area contributed by atoms with Gasteiger partial charge in [0.2, 0.25) is 0 Å². The van der Waals surface area contributed by atoms with Crippen LogP contribution in [0.5, 0.6) is 11.5 Å². The molecule has 9 aromatic rings. The minimum atomic E-state index is -0.387. The summed E-state index contributed by atoms with van der Waals surface area (Å²) in [7, 11) is 3.15. The van der Waals surface area contributed by atoms with Crippen LogP contribution in [0.4, 0.5) is 11.4 Å². The molecule has 8 nitrogen and oxygen atoms in total. The monoisotopic (exact) mass is 780 g/mol. The van der Waals surface area contributed by atoms with Crippen LogP contribution in [-0.4, -0.2) is 37.8 Å². The zero-order valence-electron chi connectivity index (χ0n) is 32.4. The third-order valence-corrected chi connectivity index (χ3v) is 11.9. The molecule has 286 valence electrons. The van der Waals surface area contributed by atoms with Gasteiger partial charge in [-0.2, -0.15) is 0 Å². The lowest BCUT2D eigenvalue weighted by Gasteiger charge is -2.28.